The first kappa shape index (κ1) is 13.4. The van der Waals surface area contributed by atoms with Gasteiger partial charge in [-0.2, -0.15) is 0 Å². The normalized spacial score (nSPS) is 19.9. The highest BCUT2D eigenvalue weighted by Gasteiger charge is 2.23. The molecule has 0 bridgehead atoms. The van der Waals surface area contributed by atoms with Gasteiger partial charge in [0.25, 0.3) is 0 Å². The molecular formula is C14H21NO2S. The summed E-state index contributed by atoms with van der Waals surface area (Å²) in [5.41, 5.74) is 2.45. The molecule has 1 aliphatic heterocycles. The van der Waals surface area contributed by atoms with Gasteiger partial charge in [0.15, 0.2) is 0 Å². The number of benzene rings is 1. The lowest BCUT2D eigenvalue weighted by atomic mass is 10.00. The van der Waals surface area contributed by atoms with Gasteiger partial charge in [-0.15, -0.1) is 0 Å². The van der Waals surface area contributed by atoms with Crippen LogP contribution in [0.3, 0.4) is 0 Å². The Hall–Kier alpha value is -1.03. The van der Waals surface area contributed by atoms with E-state index in [2.05, 4.69) is 31.3 Å². The fourth-order valence-corrected chi connectivity index (χ4v) is 3.88. The third kappa shape index (κ3) is 3.25. The second-order valence-electron chi connectivity index (χ2n) is 5.31. The van der Waals surface area contributed by atoms with Crippen LogP contribution in [0.5, 0.6) is 0 Å². The van der Waals surface area contributed by atoms with E-state index in [0.29, 0.717) is 17.4 Å². The lowest BCUT2D eigenvalue weighted by Crippen LogP contribution is -2.32. The predicted molar refractivity (Wildman–Crippen MR) is 75.8 cm³/mol. The van der Waals surface area contributed by atoms with Gasteiger partial charge in [0, 0.05) is 11.7 Å². The Morgan fingerprint density at radius 1 is 1.17 bits per heavy atom. The summed E-state index contributed by atoms with van der Waals surface area (Å²) >= 11 is 0. The van der Waals surface area contributed by atoms with Crippen molar-refractivity contribution in [3.63, 3.8) is 0 Å². The van der Waals surface area contributed by atoms with Crippen molar-refractivity contribution in [1.29, 1.82) is 0 Å². The van der Waals surface area contributed by atoms with Crippen molar-refractivity contribution in [1.82, 2.24) is 0 Å². The molecule has 2 rings (SSSR count). The fraction of sp³-hybridized carbons (Fsp3) is 0.571. The number of sulfone groups is 1. The van der Waals surface area contributed by atoms with Crippen LogP contribution in [0.25, 0.3) is 0 Å². The second-order valence-corrected chi connectivity index (χ2v) is 7.62. The summed E-state index contributed by atoms with van der Waals surface area (Å²) in [6.45, 7) is 4.34. The van der Waals surface area contributed by atoms with Gasteiger partial charge in [-0.25, -0.2) is 8.42 Å². The number of rotatable bonds is 3. The SMILES string of the molecule is CC(C)c1ccccc1NC1CCS(=O)(=O)CC1. The molecule has 1 N–H and O–H groups in total. The zero-order valence-electron chi connectivity index (χ0n) is 11.0. The van der Waals surface area contributed by atoms with E-state index < -0.39 is 9.84 Å². The molecule has 3 nitrogen and oxygen atoms in total. The van der Waals surface area contributed by atoms with Crippen molar-refractivity contribution in [2.24, 2.45) is 0 Å². The lowest BCUT2D eigenvalue weighted by Gasteiger charge is -2.26. The zero-order chi connectivity index (χ0) is 13.2. The number of nitrogens with one attached hydrogen (secondary N) is 1. The highest BCUT2D eigenvalue weighted by Crippen LogP contribution is 2.26. The van der Waals surface area contributed by atoms with Crippen molar-refractivity contribution in [2.45, 2.75) is 38.6 Å². The summed E-state index contributed by atoms with van der Waals surface area (Å²) in [6.07, 6.45) is 1.43. The van der Waals surface area contributed by atoms with Gasteiger partial charge in [-0.1, -0.05) is 32.0 Å². The Morgan fingerprint density at radius 3 is 2.39 bits per heavy atom. The molecule has 1 aromatic rings. The Balaban J connectivity index is 2.07. The molecule has 1 aliphatic rings. The van der Waals surface area contributed by atoms with Gasteiger partial charge in [0.2, 0.25) is 0 Å². The van der Waals surface area contributed by atoms with Gasteiger partial charge >= 0.3 is 0 Å². The van der Waals surface area contributed by atoms with Crippen molar-refractivity contribution >= 4 is 15.5 Å². The second kappa shape index (κ2) is 5.31. The van der Waals surface area contributed by atoms with Gasteiger partial charge in [-0.05, 0) is 30.4 Å². The maximum atomic E-state index is 11.4. The first-order chi connectivity index (χ1) is 8.48. The first-order valence-electron chi connectivity index (χ1n) is 6.54. The zero-order valence-corrected chi connectivity index (χ0v) is 11.8. The molecule has 4 heteroatoms. The maximum absolute atomic E-state index is 11.4. The molecule has 0 atom stereocenters. The summed E-state index contributed by atoms with van der Waals surface area (Å²) in [4.78, 5) is 0. The van der Waals surface area contributed by atoms with E-state index in [1.807, 2.05) is 12.1 Å². The Labute approximate surface area is 110 Å². The van der Waals surface area contributed by atoms with E-state index in [1.54, 1.807) is 0 Å². The molecule has 0 unspecified atom stereocenters. The fourth-order valence-electron chi connectivity index (χ4n) is 2.39. The predicted octanol–water partition coefficient (Wildman–Crippen LogP) is 2.80. The summed E-state index contributed by atoms with van der Waals surface area (Å²) in [6, 6.07) is 8.57. The van der Waals surface area contributed by atoms with E-state index in [9.17, 15) is 8.42 Å². The van der Waals surface area contributed by atoms with Crippen LogP contribution in [-0.2, 0) is 9.84 Å². The van der Waals surface area contributed by atoms with E-state index in [-0.39, 0.29) is 6.04 Å². The Bertz CT molecular complexity index is 494. The topological polar surface area (TPSA) is 46.2 Å². The minimum absolute atomic E-state index is 0.286. The maximum Gasteiger partial charge on any atom is 0.150 e. The van der Waals surface area contributed by atoms with Gasteiger partial charge in [0.05, 0.1) is 11.5 Å². The van der Waals surface area contributed by atoms with Crippen LogP contribution >= 0.6 is 0 Å². The largest absolute Gasteiger partial charge is 0.382 e. The number of anilines is 1. The molecule has 0 spiro atoms. The smallest absolute Gasteiger partial charge is 0.150 e. The lowest BCUT2D eigenvalue weighted by molar-refractivity contribution is 0.559. The Kier molecular flexibility index (Phi) is 3.95. The third-order valence-corrected chi connectivity index (χ3v) is 5.21. The molecule has 1 aromatic carbocycles. The molecule has 0 amide bonds. The Morgan fingerprint density at radius 2 is 1.78 bits per heavy atom. The molecule has 100 valence electrons. The molecule has 0 radical (unpaired) electrons. The number of hydrogen-bond acceptors (Lipinski definition) is 3. The quantitative estimate of drug-likeness (QED) is 0.916. The van der Waals surface area contributed by atoms with Crippen molar-refractivity contribution in [3.05, 3.63) is 29.8 Å². The van der Waals surface area contributed by atoms with Crippen LogP contribution in [0.2, 0.25) is 0 Å². The highest BCUT2D eigenvalue weighted by molar-refractivity contribution is 7.91. The molecule has 0 aliphatic carbocycles. The van der Waals surface area contributed by atoms with E-state index in [4.69, 9.17) is 0 Å². The van der Waals surface area contributed by atoms with Crippen LogP contribution in [0.4, 0.5) is 5.69 Å². The van der Waals surface area contributed by atoms with Gasteiger partial charge < -0.3 is 5.32 Å². The molecule has 0 saturated carbocycles. The molecule has 18 heavy (non-hydrogen) atoms. The molecule has 1 fully saturated rings. The average molecular weight is 267 g/mol. The van der Waals surface area contributed by atoms with Crippen LogP contribution in [-0.4, -0.2) is 26.0 Å². The third-order valence-electron chi connectivity index (χ3n) is 3.50. The molecule has 1 saturated heterocycles. The van der Waals surface area contributed by atoms with Crippen molar-refractivity contribution < 1.29 is 8.42 Å². The average Bonchev–Trinajstić information content (AvgIpc) is 2.32. The van der Waals surface area contributed by atoms with Crippen LogP contribution in [0.1, 0.15) is 38.2 Å². The van der Waals surface area contributed by atoms with E-state index >= 15 is 0 Å². The summed E-state index contributed by atoms with van der Waals surface area (Å²) in [5, 5.41) is 3.50. The van der Waals surface area contributed by atoms with Gasteiger partial charge in [0.1, 0.15) is 9.84 Å². The molecule has 0 aromatic heterocycles. The molecule has 1 heterocycles. The standard InChI is InChI=1S/C14H21NO2S/c1-11(2)13-5-3-4-6-14(13)15-12-7-9-18(16,17)10-8-12/h3-6,11-12,15H,7-10H2,1-2H3. The van der Waals surface area contributed by atoms with Crippen molar-refractivity contribution in [3.8, 4) is 0 Å². The minimum atomic E-state index is -2.77. The highest BCUT2D eigenvalue weighted by atomic mass is 32.2. The first-order valence-corrected chi connectivity index (χ1v) is 8.36. The van der Waals surface area contributed by atoms with Crippen molar-refractivity contribution in [2.75, 3.05) is 16.8 Å². The number of para-hydroxylation sites is 1. The number of hydrogen-bond donors (Lipinski definition) is 1. The summed E-state index contributed by atoms with van der Waals surface area (Å²) < 4.78 is 22.8. The van der Waals surface area contributed by atoms with Crippen LogP contribution in [0, 0.1) is 0 Å². The molecular weight excluding hydrogens is 246 g/mol. The van der Waals surface area contributed by atoms with E-state index in [0.717, 1.165) is 18.5 Å². The monoisotopic (exact) mass is 267 g/mol. The summed E-state index contributed by atoms with van der Waals surface area (Å²) in [7, 11) is -2.77. The van der Waals surface area contributed by atoms with E-state index in [1.165, 1.54) is 5.56 Å². The van der Waals surface area contributed by atoms with Gasteiger partial charge in [-0.3, -0.25) is 0 Å². The van der Waals surface area contributed by atoms with Crippen LogP contribution in [0.15, 0.2) is 24.3 Å². The summed E-state index contributed by atoms with van der Waals surface area (Å²) in [5.74, 6) is 1.10. The van der Waals surface area contributed by atoms with Crippen LogP contribution < -0.4 is 5.32 Å². The minimum Gasteiger partial charge on any atom is -0.382 e.